The van der Waals surface area contributed by atoms with E-state index in [1.807, 2.05) is 0 Å². The van der Waals surface area contributed by atoms with Crippen LogP contribution in [0.4, 0.5) is 0 Å². The number of hydrogen-bond acceptors (Lipinski definition) is 4. The summed E-state index contributed by atoms with van der Waals surface area (Å²) in [6, 6.07) is 12.0. The molecule has 0 heterocycles. The Balaban J connectivity index is 2.11. The van der Waals surface area contributed by atoms with Crippen molar-refractivity contribution >= 4 is 17.4 Å². The van der Waals surface area contributed by atoms with E-state index >= 15 is 0 Å². The number of aliphatic hydroxyl groups is 1. The van der Waals surface area contributed by atoms with Gasteiger partial charge in [-0.25, -0.2) is 0 Å². The maximum absolute atomic E-state index is 11.4. The Morgan fingerprint density at radius 1 is 1.23 bits per heavy atom. The van der Waals surface area contributed by atoms with Crippen molar-refractivity contribution in [2.45, 2.75) is 13.0 Å². The van der Waals surface area contributed by atoms with E-state index in [2.05, 4.69) is 0 Å². The molecule has 1 N–H and O–H groups in total. The Bertz CT molecular complexity index is 669. The van der Waals surface area contributed by atoms with Gasteiger partial charge in [-0.1, -0.05) is 29.8 Å². The fourth-order valence-corrected chi connectivity index (χ4v) is 2.27. The van der Waals surface area contributed by atoms with Crippen LogP contribution in [0.3, 0.4) is 0 Å². The van der Waals surface area contributed by atoms with Crippen LogP contribution in [-0.4, -0.2) is 24.6 Å². The molecule has 0 spiro atoms. The van der Waals surface area contributed by atoms with E-state index in [1.165, 1.54) is 14.0 Å². The lowest BCUT2D eigenvalue weighted by atomic mass is 10.1. The minimum absolute atomic E-state index is 0.0273. The summed E-state index contributed by atoms with van der Waals surface area (Å²) in [5, 5.41) is 10.6. The van der Waals surface area contributed by atoms with Gasteiger partial charge >= 0.3 is 0 Å². The van der Waals surface area contributed by atoms with E-state index < -0.39 is 6.10 Å². The standard InChI is InChI=1S/C17H17ClO4/c1-11(19)12-7-8-16(17(9-12)21-2)22-10-15(20)13-5-3-4-6-14(13)18/h3-9,15,20H,10H2,1-2H3. The second kappa shape index (κ2) is 7.29. The van der Waals surface area contributed by atoms with Gasteiger partial charge in [0.05, 0.1) is 7.11 Å². The number of aliphatic hydroxyl groups excluding tert-OH is 1. The van der Waals surface area contributed by atoms with Gasteiger partial charge < -0.3 is 14.6 Å². The van der Waals surface area contributed by atoms with E-state index in [0.29, 0.717) is 27.6 Å². The SMILES string of the molecule is COc1cc(C(C)=O)ccc1OCC(O)c1ccccc1Cl. The van der Waals surface area contributed by atoms with Gasteiger partial charge in [-0.05, 0) is 31.2 Å². The van der Waals surface area contributed by atoms with Crippen LogP contribution in [0.5, 0.6) is 11.5 Å². The third-order valence-corrected chi connectivity index (χ3v) is 3.58. The monoisotopic (exact) mass is 320 g/mol. The van der Waals surface area contributed by atoms with Crippen molar-refractivity contribution in [3.05, 3.63) is 58.6 Å². The predicted octanol–water partition coefficient (Wildman–Crippen LogP) is 3.66. The first-order chi connectivity index (χ1) is 10.5. The molecular weight excluding hydrogens is 304 g/mol. The first kappa shape index (κ1) is 16.3. The number of halogens is 1. The largest absolute Gasteiger partial charge is 0.493 e. The van der Waals surface area contributed by atoms with Crippen molar-refractivity contribution in [1.82, 2.24) is 0 Å². The number of benzene rings is 2. The van der Waals surface area contributed by atoms with Crippen LogP contribution < -0.4 is 9.47 Å². The molecule has 0 aliphatic heterocycles. The lowest BCUT2D eigenvalue weighted by Crippen LogP contribution is -2.11. The number of ketones is 1. The molecule has 116 valence electrons. The Morgan fingerprint density at radius 3 is 2.59 bits per heavy atom. The zero-order valence-electron chi connectivity index (χ0n) is 12.4. The van der Waals surface area contributed by atoms with Crippen molar-refractivity contribution < 1.29 is 19.4 Å². The Morgan fingerprint density at radius 2 is 1.95 bits per heavy atom. The van der Waals surface area contributed by atoms with E-state index in [9.17, 15) is 9.90 Å². The number of carbonyl (C=O) groups is 1. The minimum Gasteiger partial charge on any atom is -0.493 e. The zero-order chi connectivity index (χ0) is 16.1. The molecule has 2 aromatic carbocycles. The van der Waals surface area contributed by atoms with Crippen LogP contribution in [0.15, 0.2) is 42.5 Å². The molecule has 2 rings (SSSR count). The van der Waals surface area contributed by atoms with Crippen LogP contribution >= 0.6 is 11.6 Å². The molecule has 0 fully saturated rings. The Hall–Kier alpha value is -2.04. The van der Waals surface area contributed by atoms with Crippen LogP contribution in [0.2, 0.25) is 5.02 Å². The predicted molar refractivity (Wildman–Crippen MR) is 84.9 cm³/mol. The highest BCUT2D eigenvalue weighted by Crippen LogP contribution is 2.30. The number of Topliss-reactive ketones (excluding diaryl/α,β-unsaturated/α-hetero) is 1. The van der Waals surface area contributed by atoms with Gasteiger partial charge in [-0.15, -0.1) is 0 Å². The summed E-state index contributed by atoms with van der Waals surface area (Å²) in [6.45, 7) is 1.51. The number of carbonyl (C=O) groups excluding carboxylic acids is 1. The molecule has 0 aromatic heterocycles. The van der Waals surface area contributed by atoms with Gasteiger partial charge in [0.2, 0.25) is 0 Å². The fraction of sp³-hybridized carbons (Fsp3) is 0.235. The van der Waals surface area contributed by atoms with Crippen molar-refractivity contribution in [2.24, 2.45) is 0 Å². The molecule has 0 saturated heterocycles. The van der Waals surface area contributed by atoms with Crippen LogP contribution in [0, 0.1) is 0 Å². The topological polar surface area (TPSA) is 55.8 Å². The molecule has 0 aliphatic carbocycles. The molecule has 4 nitrogen and oxygen atoms in total. The molecular formula is C17H17ClO4. The quantitative estimate of drug-likeness (QED) is 0.825. The molecule has 0 aliphatic rings. The molecule has 1 atom stereocenters. The number of hydrogen-bond donors (Lipinski definition) is 1. The Kier molecular flexibility index (Phi) is 5.41. The number of methoxy groups -OCH3 is 1. The highest BCUT2D eigenvalue weighted by molar-refractivity contribution is 6.31. The highest BCUT2D eigenvalue weighted by Gasteiger charge is 2.14. The third-order valence-electron chi connectivity index (χ3n) is 3.23. The lowest BCUT2D eigenvalue weighted by molar-refractivity contribution is 0.101. The van der Waals surface area contributed by atoms with Gasteiger partial charge in [0.15, 0.2) is 17.3 Å². The molecule has 0 bridgehead atoms. The fourth-order valence-electron chi connectivity index (χ4n) is 2.01. The van der Waals surface area contributed by atoms with E-state index in [-0.39, 0.29) is 12.4 Å². The second-order valence-electron chi connectivity index (χ2n) is 4.77. The van der Waals surface area contributed by atoms with Crippen LogP contribution in [0.25, 0.3) is 0 Å². The average molecular weight is 321 g/mol. The molecule has 22 heavy (non-hydrogen) atoms. The van der Waals surface area contributed by atoms with E-state index in [0.717, 1.165) is 0 Å². The summed E-state index contributed by atoms with van der Waals surface area (Å²) in [6.07, 6.45) is -0.856. The molecule has 0 amide bonds. The zero-order valence-corrected chi connectivity index (χ0v) is 13.1. The molecule has 0 radical (unpaired) electrons. The smallest absolute Gasteiger partial charge is 0.161 e. The van der Waals surface area contributed by atoms with Gasteiger partial charge in [-0.2, -0.15) is 0 Å². The maximum atomic E-state index is 11.4. The van der Waals surface area contributed by atoms with Crippen LogP contribution in [0.1, 0.15) is 28.9 Å². The Labute approximate surface area is 134 Å². The summed E-state index contributed by atoms with van der Waals surface area (Å²) in [5.74, 6) is 0.846. The summed E-state index contributed by atoms with van der Waals surface area (Å²) >= 11 is 6.04. The molecule has 1 unspecified atom stereocenters. The normalized spacial score (nSPS) is 11.8. The van der Waals surface area contributed by atoms with Crippen molar-refractivity contribution in [2.75, 3.05) is 13.7 Å². The maximum Gasteiger partial charge on any atom is 0.161 e. The van der Waals surface area contributed by atoms with E-state index in [1.54, 1.807) is 42.5 Å². The molecule has 5 heteroatoms. The summed E-state index contributed by atoms with van der Waals surface area (Å²) in [4.78, 5) is 11.4. The van der Waals surface area contributed by atoms with Gasteiger partial charge in [0, 0.05) is 16.1 Å². The first-order valence-electron chi connectivity index (χ1n) is 6.77. The molecule has 0 saturated carbocycles. The highest BCUT2D eigenvalue weighted by atomic mass is 35.5. The number of ether oxygens (including phenoxy) is 2. The third kappa shape index (κ3) is 3.78. The first-order valence-corrected chi connectivity index (χ1v) is 7.15. The summed E-state index contributed by atoms with van der Waals surface area (Å²) in [5.41, 5.74) is 1.14. The summed E-state index contributed by atoms with van der Waals surface area (Å²) < 4.78 is 10.8. The molecule has 2 aromatic rings. The van der Waals surface area contributed by atoms with Crippen molar-refractivity contribution in [3.8, 4) is 11.5 Å². The van der Waals surface area contributed by atoms with Crippen molar-refractivity contribution in [3.63, 3.8) is 0 Å². The lowest BCUT2D eigenvalue weighted by Gasteiger charge is -2.16. The van der Waals surface area contributed by atoms with Gasteiger partial charge in [0.25, 0.3) is 0 Å². The summed E-state index contributed by atoms with van der Waals surface area (Å²) in [7, 11) is 1.50. The van der Waals surface area contributed by atoms with Gasteiger partial charge in [-0.3, -0.25) is 4.79 Å². The minimum atomic E-state index is -0.856. The van der Waals surface area contributed by atoms with Crippen molar-refractivity contribution in [1.29, 1.82) is 0 Å². The number of rotatable bonds is 6. The van der Waals surface area contributed by atoms with Crippen LogP contribution in [-0.2, 0) is 0 Å². The average Bonchev–Trinajstić information content (AvgIpc) is 2.52. The van der Waals surface area contributed by atoms with E-state index in [4.69, 9.17) is 21.1 Å². The second-order valence-corrected chi connectivity index (χ2v) is 5.18. The van der Waals surface area contributed by atoms with Gasteiger partial charge in [0.1, 0.15) is 12.7 Å².